The number of carbonyl (C=O) groups is 2. The number of hydrogen-bond acceptors (Lipinski definition) is 5. The highest BCUT2D eigenvalue weighted by atomic mass is 16.5. The predicted molar refractivity (Wildman–Crippen MR) is 37.5 cm³/mol. The molecule has 0 atom stereocenters. The molecule has 1 aliphatic heterocycles. The first-order valence-electron chi connectivity index (χ1n) is 3.28. The molecule has 1 N–H and O–H groups in total. The summed E-state index contributed by atoms with van der Waals surface area (Å²) in [6, 6.07) is 0. The number of rotatable bonds is 2. The van der Waals surface area contributed by atoms with Crippen molar-refractivity contribution in [1.82, 2.24) is 0 Å². The predicted octanol–water partition coefficient (Wildman–Crippen LogP) is -0.429. The third-order valence-electron chi connectivity index (χ3n) is 1.39. The van der Waals surface area contributed by atoms with Crippen molar-refractivity contribution in [2.75, 3.05) is 20.3 Å². The van der Waals surface area contributed by atoms with Gasteiger partial charge in [-0.15, -0.1) is 0 Å². The first-order valence-corrected chi connectivity index (χ1v) is 3.28. The van der Waals surface area contributed by atoms with Gasteiger partial charge < -0.3 is 14.6 Å². The minimum atomic E-state index is -0.783. The Labute approximate surface area is 68.6 Å². The van der Waals surface area contributed by atoms with E-state index in [1.807, 2.05) is 0 Å². The van der Waals surface area contributed by atoms with E-state index < -0.39 is 11.8 Å². The van der Waals surface area contributed by atoms with Crippen LogP contribution in [0.3, 0.4) is 0 Å². The first-order chi connectivity index (χ1) is 5.66. The lowest BCUT2D eigenvalue weighted by molar-refractivity contribution is -0.135. The van der Waals surface area contributed by atoms with Gasteiger partial charge in [-0.2, -0.15) is 0 Å². The monoisotopic (exact) mass is 172 g/mol. The average Bonchev–Trinajstić information content (AvgIpc) is 2.32. The summed E-state index contributed by atoms with van der Waals surface area (Å²) in [6.07, 6.45) is 0. The number of ether oxygens (including phenoxy) is 2. The van der Waals surface area contributed by atoms with Gasteiger partial charge in [-0.1, -0.05) is 0 Å². The summed E-state index contributed by atoms with van der Waals surface area (Å²) in [5.74, 6) is -1.66. The maximum Gasteiger partial charge on any atom is 0.345 e. The van der Waals surface area contributed by atoms with E-state index in [1.165, 1.54) is 7.11 Å². The summed E-state index contributed by atoms with van der Waals surface area (Å²) in [5.41, 5.74) is -0.295. The largest absolute Gasteiger partial charge is 0.509 e. The SMILES string of the molecule is COC/C(O)=C1/C(=O)COC1=O. The highest BCUT2D eigenvalue weighted by molar-refractivity contribution is 6.22. The molecule has 0 unspecified atom stereocenters. The van der Waals surface area contributed by atoms with Crippen molar-refractivity contribution in [3.05, 3.63) is 11.3 Å². The van der Waals surface area contributed by atoms with Crippen LogP contribution < -0.4 is 0 Å². The summed E-state index contributed by atoms with van der Waals surface area (Å²) in [6.45, 7) is -0.446. The average molecular weight is 172 g/mol. The summed E-state index contributed by atoms with van der Waals surface area (Å²) >= 11 is 0. The van der Waals surface area contributed by atoms with Gasteiger partial charge in [0.1, 0.15) is 17.9 Å². The van der Waals surface area contributed by atoms with Crippen molar-refractivity contribution >= 4 is 11.8 Å². The van der Waals surface area contributed by atoms with Crippen LogP contribution in [0.2, 0.25) is 0 Å². The van der Waals surface area contributed by atoms with Crippen molar-refractivity contribution in [3.63, 3.8) is 0 Å². The highest BCUT2D eigenvalue weighted by Crippen LogP contribution is 2.12. The molecule has 0 aromatic carbocycles. The van der Waals surface area contributed by atoms with Crippen LogP contribution in [0.5, 0.6) is 0 Å². The number of aliphatic hydroxyl groups excluding tert-OH is 1. The molecule has 5 heteroatoms. The number of ketones is 1. The number of carbonyl (C=O) groups excluding carboxylic acids is 2. The Morgan fingerprint density at radius 3 is 2.75 bits per heavy atom. The minimum absolute atomic E-state index is 0.157. The van der Waals surface area contributed by atoms with Gasteiger partial charge in [-0.05, 0) is 0 Å². The van der Waals surface area contributed by atoms with E-state index in [9.17, 15) is 9.59 Å². The van der Waals surface area contributed by atoms with Gasteiger partial charge in [0, 0.05) is 7.11 Å². The van der Waals surface area contributed by atoms with Crippen LogP contribution in [0.1, 0.15) is 0 Å². The molecule has 0 aliphatic carbocycles. The summed E-state index contributed by atoms with van der Waals surface area (Å²) in [7, 11) is 1.35. The molecule has 1 heterocycles. The van der Waals surface area contributed by atoms with Crippen LogP contribution in [0.15, 0.2) is 11.3 Å². The minimum Gasteiger partial charge on any atom is -0.509 e. The van der Waals surface area contributed by atoms with E-state index in [-0.39, 0.29) is 24.5 Å². The highest BCUT2D eigenvalue weighted by Gasteiger charge is 2.31. The molecular weight excluding hydrogens is 164 g/mol. The van der Waals surface area contributed by atoms with Crippen LogP contribution >= 0.6 is 0 Å². The number of hydrogen-bond donors (Lipinski definition) is 1. The lowest BCUT2D eigenvalue weighted by Crippen LogP contribution is -2.08. The van der Waals surface area contributed by atoms with Crippen molar-refractivity contribution < 1.29 is 24.2 Å². The topological polar surface area (TPSA) is 72.8 Å². The maximum atomic E-state index is 10.9. The van der Waals surface area contributed by atoms with Crippen molar-refractivity contribution in [3.8, 4) is 0 Å². The zero-order valence-electron chi connectivity index (χ0n) is 6.49. The van der Waals surface area contributed by atoms with Gasteiger partial charge in [0.15, 0.2) is 6.61 Å². The van der Waals surface area contributed by atoms with Crippen LogP contribution in [0.4, 0.5) is 0 Å². The molecule has 1 rings (SSSR count). The molecule has 1 saturated heterocycles. The Morgan fingerprint density at radius 1 is 1.67 bits per heavy atom. The van der Waals surface area contributed by atoms with E-state index in [2.05, 4.69) is 9.47 Å². The fourth-order valence-electron chi connectivity index (χ4n) is 0.877. The fourth-order valence-corrected chi connectivity index (χ4v) is 0.877. The number of methoxy groups -OCH3 is 1. The molecule has 0 bridgehead atoms. The van der Waals surface area contributed by atoms with Crippen molar-refractivity contribution in [1.29, 1.82) is 0 Å². The molecule has 12 heavy (non-hydrogen) atoms. The number of cyclic esters (lactones) is 1. The van der Waals surface area contributed by atoms with Gasteiger partial charge in [-0.25, -0.2) is 4.79 Å². The van der Waals surface area contributed by atoms with Crippen LogP contribution in [-0.2, 0) is 19.1 Å². The maximum absolute atomic E-state index is 10.9. The molecule has 0 saturated carbocycles. The molecule has 0 aromatic heterocycles. The number of aliphatic hydroxyl groups is 1. The molecule has 0 radical (unpaired) electrons. The molecule has 0 aromatic rings. The van der Waals surface area contributed by atoms with Crippen molar-refractivity contribution in [2.24, 2.45) is 0 Å². The number of esters is 1. The lowest BCUT2D eigenvalue weighted by Gasteiger charge is -1.98. The molecule has 1 aliphatic rings. The standard InChI is InChI=1S/C7H8O5/c1-11-2-4(8)6-5(9)3-12-7(6)10/h8H,2-3H2,1H3/b6-4+. The van der Waals surface area contributed by atoms with E-state index in [4.69, 9.17) is 5.11 Å². The molecule has 5 nitrogen and oxygen atoms in total. The van der Waals surface area contributed by atoms with Gasteiger partial charge in [0.2, 0.25) is 5.78 Å². The molecule has 1 fully saturated rings. The second kappa shape index (κ2) is 3.36. The Balaban J connectivity index is 2.90. The Bertz CT molecular complexity index is 235. The summed E-state index contributed by atoms with van der Waals surface area (Å²) in [4.78, 5) is 21.7. The van der Waals surface area contributed by atoms with E-state index >= 15 is 0 Å². The lowest BCUT2D eigenvalue weighted by atomic mass is 10.2. The summed E-state index contributed by atoms with van der Waals surface area (Å²) in [5, 5.41) is 9.12. The molecule has 66 valence electrons. The zero-order valence-corrected chi connectivity index (χ0v) is 6.49. The van der Waals surface area contributed by atoms with Gasteiger partial charge in [-0.3, -0.25) is 4.79 Å². The molecule has 0 amide bonds. The fraction of sp³-hybridized carbons (Fsp3) is 0.429. The smallest absolute Gasteiger partial charge is 0.345 e. The van der Waals surface area contributed by atoms with Crippen molar-refractivity contribution in [2.45, 2.75) is 0 Å². The van der Waals surface area contributed by atoms with Crippen LogP contribution in [0, 0.1) is 0 Å². The molecule has 0 spiro atoms. The van der Waals surface area contributed by atoms with E-state index in [0.717, 1.165) is 0 Å². The zero-order chi connectivity index (χ0) is 9.14. The Morgan fingerprint density at radius 2 is 2.33 bits per heavy atom. The quantitative estimate of drug-likeness (QED) is 0.265. The van der Waals surface area contributed by atoms with Gasteiger partial charge in [0.25, 0.3) is 0 Å². The second-order valence-corrected chi connectivity index (χ2v) is 2.25. The van der Waals surface area contributed by atoms with Crippen LogP contribution in [0.25, 0.3) is 0 Å². The Kier molecular flexibility index (Phi) is 2.44. The van der Waals surface area contributed by atoms with Gasteiger partial charge >= 0.3 is 5.97 Å². The second-order valence-electron chi connectivity index (χ2n) is 2.25. The molecular formula is C7H8O5. The number of Topliss-reactive ketones (excluding diaryl/α,β-unsaturated/α-hetero) is 1. The third-order valence-corrected chi connectivity index (χ3v) is 1.39. The third kappa shape index (κ3) is 1.45. The van der Waals surface area contributed by atoms with Gasteiger partial charge in [0.05, 0.1) is 0 Å². The normalized spacial score (nSPS) is 21.1. The Hall–Kier alpha value is -1.36. The van der Waals surface area contributed by atoms with E-state index in [0.29, 0.717) is 0 Å². The summed E-state index contributed by atoms with van der Waals surface area (Å²) < 4.78 is 8.93. The van der Waals surface area contributed by atoms with E-state index in [1.54, 1.807) is 0 Å². The first kappa shape index (κ1) is 8.73. The van der Waals surface area contributed by atoms with Crippen LogP contribution in [-0.4, -0.2) is 37.2 Å².